The first-order chi connectivity index (χ1) is 9.13. The van der Waals surface area contributed by atoms with E-state index < -0.39 is 14.5 Å². The number of hydrogen-bond donors (Lipinski definition) is 2. The molecule has 0 spiro atoms. The molecule has 0 bridgehead atoms. The summed E-state index contributed by atoms with van der Waals surface area (Å²) in [6.45, 7) is 11.0. The molecular weight excluding hydrogens is 373 g/mol. The number of rotatable bonds is 6. The largest absolute Gasteiger partial charge is 2.00 e. The Labute approximate surface area is 136 Å². The van der Waals surface area contributed by atoms with E-state index in [1.807, 2.05) is 0 Å². The van der Waals surface area contributed by atoms with Crippen LogP contribution in [0.1, 0.15) is 34.1 Å². The van der Waals surface area contributed by atoms with Gasteiger partial charge in [0.25, 0.3) is 0 Å². The van der Waals surface area contributed by atoms with Gasteiger partial charge in [0.1, 0.15) is 0 Å². The van der Waals surface area contributed by atoms with Gasteiger partial charge in [-0.3, -0.25) is 0 Å². The van der Waals surface area contributed by atoms with Gasteiger partial charge in [-0.25, -0.2) is 0 Å². The number of hydrogen-bond acceptors (Lipinski definition) is 2. The SMILES string of the molecule is CC(C)NCCCNC(C)C.F[B-](F)(F)F.F[B-](F)(F)F.[Cu+2]. The molecule has 13 heteroatoms. The van der Waals surface area contributed by atoms with Gasteiger partial charge in [0.2, 0.25) is 0 Å². The van der Waals surface area contributed by atoms with E-state index in [1.165, 1.54) is 6.42 Å². The third-order valence-electron chi connectivity index (χ3n) is 1.46. The zero-order valence-corrected chi connectivity index (χ0v) is 13.7. The molecule has 0 aromatic carbocycles. The molecule has 0 aliphatic rings. The minimum absolute atomic E-state index is 0. The van der Waals surface area contributed by atoms with Crippen molar-refractivity contribution in [3.63, 3.8) is 0 Å². The maximum atomic E-state index is 9.75. The molecule has 0 aromatic rings. The first-order valence-electron chi connectivity index (χ1n) is 6.34. The Morgan fingerprint density at radius 1 is 0.636 bits per heavy atom. The van der Waals surface area contributed by atoms with Crippen molar-refractivity contribution in [2.75, 3.05) is 13.1 Å². The predicted molar refractivity (Wildman–Crippen MR) is 71.3 cm³/mol. The van der Waals surface area contributed by atoms with Crippen molar-refractivity contribution < 1.29 is 51.6 Å². The summed E-state index contributed by atoms with van der Waals surface area (Å²) in [6, 6.07) is 1.24. The normalized spacial score (nSPS) is 11.2. The summed E-state index contributed by atoms with van der Waals surface area (Å²) in [5.41, 5.74) is 0. The van der Waals surface area contributed by atoms with Gasteiger partial charge in [-0.2, -0.15) is 0 Å². The van der Waals surface area contributed by atoms with Gasteiger partial charge in [0.15, 0.2) is 0 Å². The van der Waals surface area contributed by atoms with Crippen LogP contribution in [-0.4, -0.2) is 39.7 Å². The molecule has 0 fully saturated rings. The summed E-state index contributed by atoms with van der Waals surface area (Å²) in [5, 5.41) is 6.76. The first-order valence-corrected chi connectivity index (χ1v) is 6.34. The number of nitrogens with one attached hydrogen (secondary N) is 2. The van der Waals surface area contributed by atoms with Gasteiger partial charge in [-0.1, -0.05) is 27.7 Å². The predicted octanol–water partition coefficient (Wildman–Crippen LogP) is 3.97. The fourth-order valence-corrected chi connectivity index (χ4v) is 0.870. The molecule has 141 valence electrons. The van der Waals surface area contributed by atoms with E-state index in [1.54, 1.807) is 0 Å². The Morgan fingerprint density at radius 3 is 0.955 bits per heavy atom. The van der Waals surface area contributed by atoms with Crippen LogP contribution in [0.5, 0.6) is 0 Å². The maximum Gasteiger partial charge on any atom is 2.00 e. The van der Waals surface area contributed by atoms with Crippen LogP contribution < -0.4 is 10.6 Å². The summed E-state index contributed by atoms with van der Waals surface area (Å²) in [6.07, 6.45) is 1.22. The van der Waals surface area contributed by atoms with Crippen LogP contribution in [0.2, 0.25) is 0 Å². The van der Waals surface area contributed by atoms with Crippen LogP contribution in [0.25, 0.3) is 0 Å². The number of halogens is 8. The van der Waals surface area contributed by atoms with Crippen molar-refractivity contribution in [2.24, 2.45) is 0 Å². The van der Waals surface area contributed by atoms with Crippen molar-refractivity contribution in [3.8, 4) is 0 Å². The van der Waals surface area contributed by atoms with Gasteiger partial charge in [-0.15, -0.1) is 0 Å². The second-order valence-electron chi connectivity index (χ2n) is 4.56. The van der Waals surface area contributed by atoms with Crippen molar-refractivity contribution in [1.29, 1.82) is 0 Å². The van der Waals surface area contributed by atoms with Crippen LogP contribution >= 0.6 is 0 Å². The monoisotopic (exact) mass is 395 g/mol. The minimum atomic E-state index is -6.00. The Bertz CT molecular complexity index is 193. The molecule has 0 aliphatic carbocycles. The van der Waals surface area contributed by atoms with E-state index in [4.69, 9.17) is 0 Å². The van der Waals surface area contributed by atoms with E-state index in [-0.39, 0.29) is 17.1 Å². The summed E-state index contributed by atoms with van der Waals surface area (Å²) in [5.74, 6) is 0. The van der Waals surface area contributed by atoms with Crippen LogP contribution in [0.3, 0.4) is 0 Å². The maximum absolute atomic E-state index is 9.75. The van der Waals surface area contributed by atoms with Crippen LogP contribution in [0.4, 0.5) is 34.5 Å². The molecule has 0 saturated heterocycles. The molecule has 2 N–H and O–H groups in total. The third kappa shape index (κ3) is 113. The second-order valence-corrected chi connectivity index (χ2v) is 4.56. The Kier molecular flexibility index (Phi) is 21.6. The standard InChI is InChI=1S/C9H22N2.2BF4.Cu/c1-8(2)10-6-5-7-11-9(3)4;2*2-1(3,4)5;/h8-11H,5-7H2,1-4H3;;;/q;2*-1;+2. The molecule has 0 unspecified atom stereocenters. The van der Waals surface area contributed by atoms with Gasteiger partial charge >= 0.3 is 31.6 Å². The van der Waals surface area contributed by atoms with Crippen LogP contribution in [-0.2, 0) is 17.1 Å². The molecular formula is C9H22B2CuF8N2. The van der Waals surface area contributed by atoms with Gasteiger partial charge in [0.05, 0.1) is 0 Å². The Balaban J connectivity index is -0.000000124. The molecule has 0 saturated carbocycles. The van der Waals surface area contributed by atoms with Crippen molar-refractivity contribution in [2.45, 2.75) is 46.2 Å². The van der Waals surface area contributed by atoms with E-state index in [0.29, 0.717) is 12.1 Å². The molecule has 0 atom stereocenters. The Morgan fingerprint density at radius 2 is 0.818 bits per heavy atom. The third-order valence-corrected chi connectivity index (χ3v) is 1.46. The summed E-state index contributed by atoms with van der Waals surface area (Å²) in [4.78, 5) is 0. The molecule has 1 radical (unpaired) electrons. The van der Waals surface area contributed by atoms with Crippen LogP contribution in [0, 0.1) is 0 Å². The van der Waals surface area contributed by atoms with E-state index in [2.05, 4.69) is 38.3 Å². The zero-order chi connectivity index (χ0) is 17.7. The summed E-state index contributed by atoms with van der Waals surface area (Å²) >= 11 is 0. The summed E-state index contributed by atoms with van der Waals surface area (Å²) < 4.78 is 78.0. The van der Waals surface area contributed by atoms with E-state index in [9.17, 15) is 34.5 Å². The zero-order valence-electron chi connectivity index (χ0n) is 12.8. The van der Waals surface area contributed by atoms with Crippen molar-refractivity contribution >= 4 is 14.5 Å². The molecule has 2 nitrogen and oxygen atoms in total. The van der Waals surface area contributed by atoms with Crippen LogP contribution in [0.15, 0.2) is 0 Å². The minimum Gasteiger partial charge on any atom is -0.418 e. The second kappa shape index (κ2) is 15.9. The molecule has 0 rings (SSSR count). The first kappa shape index (κ1) is 30.0. The molecule has 0 aliphatic heterocycles. The topological polar surface area (TPSA) is 24.1 Å². The fraction of sp³-hybridized carbons (Fsp3) is 1.00. The molecule has 22 heavy (non-hydrogen) atoms. The quantitative estimate of drug-likeness (QED) is 0.404. The fourth-order valence-electron chi connectivity index (χ4n) is 0.870. The molecule has 0 amide bonds. The van der Waals surface area contributed by atoms with Crippen molar-refractivity contribution in [1.82, 2.24) is 10.6 Å². The average Bonchev–Trinajstić information content (AvgIpc) is 2.10. The smallest absolute Gasteiger partial charge is 0.418 e. The molecule has 0 heterocycles. The Hall–Kier alpha value is 0.00935. The van der Waals surface area contributed by atoms with Gasteiger partial charge in [-0.05, 0) is 19.5 Å². The van der Waals surface area contributed by atoms with Crippen molar-refractivity contribution in [3.05, 3.63) is 0 Å². The van der Waals surface area contributed by atoms with Gasteiger partial charge < -0.3 is 45.2 Å². The van der Waals surface area contributed by atoms with E-state index >= 15 is 0 Å². The van der Waals surface area contributed by atoms with E-state index in [0.717, 1.165) is 13.1 Å². The molecule has 0 aromatic heterocycles. The summed E-state index contributed by atoms with van der Waals surface area (Å²) in [7, 11) is -12.0. The average molecular weight is 395 g/mol. The van der Waals surface area contributed by atoms with Gasteiger partial charge in [0, 0.05) is 12.1 Å².